The van der Waals surface area contributed by atoms with Crippen LogP contribution in [-0.4, -0.2) is 38.3 Å². The topological polar surface area (TPSA) is 59.6 Å². The second-order valence-electron chi connectivity index (χ2n) is 6.37. The highest BCUT2D eigenvalue weighted by Crippen LogP contribution is 2.19. The molecular weight excluding hydrogens is 328 g/mol. The number of amides is 1. The van der Waals surface area contributed by atoms with Crippen LogP contribution in [-0.2, 0) is 20.9 Å². The van der Waals surface area contributed by atoms with Crippen molar-refractivity contribution < 1.29 is 14.3 Å². The number of hydrogen-bond donors (Lipinski definition) is 2. The van der Waals surface area contributed by atoms with E-state index in [9.17, 15) is 4.79 Å². The number of halogens is 1. The monoisotopic (exact) mass is 356 g/mol. The minimum atomic E-state index is 0. The van der Waals surface area contributed by atoms with E-state index in [0.29, 0.717) is 25.7 Å². The third-order valence-corrected chi connectivity index (χ3v) is 4.08. The van der Waals surface area contributed by atoms with E-state index in [1.54, 1.807) is 0 Å². The molecular formula is C18H29ClN2O3. The van der Waals surface area contributed by atoms with E-state index in [1.807, 2.05) is 45.0 Å². The van der Waals surface area contributed by atoms with Gasteiger partial charge < -0.3 is 20.1 Å². The molecule has 0 aromatic heterocycles. The molecule has 136 valence electrons. The summed E-state index contributed by atoms with van der Waals surface area (Å²) < 4.78 is 11.0. The Labute approximate surface area is 150 Å². The Balaban J connectivity index is 0.00000288. The van der Waals surface area contributed by atoms with Crippen LogP contribution in [0.4, 0.5) is 5.69 Å². The molecule has 0 aliphatic carbocycles. The summed E-state index contributed by atoms with van der Waals surface area (Å²) in [4.78, 5) is 12.2. The molecule has 2 N–H and O–H groups in total. The molecule has 0 saturated carbocycles. The molecule has 0 radical (unpaired) electrons. The molecule has 24 heavy (non-hydrogen) atoms. The van der Waals surface area contributed by atoms with Crippen molar-refractivity contribution in [3.63, 3.8) is 0 Å². The van der Waals surface area contributed by atoms with Gasteiger partial charge >= 0.3 is 0 Å². The maximum absolute atomic E-state index is 12.2. The number of rotatable bonds is 9. The van der Waals surface area contributed by atoms with Crippen LogP contribution >= 0.6 is 12.4 Å². The first-order chi connectivity index (χ1) is 11.1. The van der Waals surface area contributed by atoms with Crippen LogP contribution in [0.25, 0.3) is 0 Å². The number of carbonyl (C=O) groups is 1. The van der Waals surface area contributed by atoms with Gasteiger partial charge in [-0.1, -0.05) is 19.1 Å². The summed E-state index contributed by atoms with van der Waals surface area (Å²) >= 11 is 0. The van der Waals surface area contributed by atoms with Gasteiger partial charge in [0.05, 0.1) is 25.9 Å². The van der Waals surface area contributed by atoms with Gasteiger partial charge in [0, 0.05) is 11.6 Å². The quantitative estimate of drug-likeness (QED) is 0.668. The molecule has 5 nitrogen and oxygen atoms in total. The first kappa shape index (κ1) is 20.9. The Kier molecular flexibility index (Phi) is 9.29. The smallest absolute Gasteiger partial charge is 0.227 e. The van der Waals surface area contributed by atoms with Crippen LogP contribution in [0.2, 0.25) is 0 Å². The van der Waals surface area contributed by atoms with Gasteiger partial charge in [0.15, 0.2) is 0 Å². The molecule has 0 spiro atoms. The van der Waals surface area contributed by atoms with Gasteiger partial charge in [-0.25, -0.2) is 0 Å². The number of benzene rings is 1. The Morgan fingerprint density at radius 2 is 2.04 bits per heavy atom. The summed E-state index contributed by atoms with van der Waals surface area (Å²) in [6.45, 7) is 9.55. The van der Waals surface area contributed by atoms with Gasteiger partial charge in [0.25, 0.3) is 0 Å². The van der Waals surface area contributed by atoms with Gasteiger partial charge in [-0.3, -0.25) is 4.79 Å². The van der Waals surface area contributed by atoms with Crippen molar-refractivity contribution in [1.82, 2.24) is 5.32 Å². The first-order valence-electron chi connectivity index (χ1n) is 8.36. The largest absolute Gasteiger partial charge is 0.376 e. The Bertz CT molecular complexity index is 507. The highest BCUT2D eigenvalue weighted by molar-refractivity contribution is 5.92. The molecule has 1 aromatic carbocycles. The normalized spacial score (nSPS) is 15.5. The molecule has 1 aromatic rings. The number of anilines is 1. The Morgan fingerprint density at radius 3 is 2.67 bits per heavy atom. The van der Waals surface area contributed by atoms with Gasteiger partial charge in [0.1, 0.15) is 0 Å². The van der Waals surface area contributed by atoms with Crippen LogP contribution < -0.4 is 10.6 Å². The van der Waals surface area contributed by atoms with E-state index < -0.39 is 0 Å². The summed E-state index contributed by atoms with van der Waals surface area (Å²) in [5, 5.41) is 6.20. The number of nitrogens with one attached hydrogen (secondary N) is 2. The summed E-state index contributed by atoms with van der Waals surface area (Å²) in [6, 6.07) is 7.81. The van der Waals surface area contributed by atoms with E-state index >= 15 is 0 Å². The zero-order valence-electron chi connectivity index (χ0n) is 14.7. The third-order valence-electron chi connectivity index (χ3n) is 4.08. The first-order valence-corrected chi connectivity index (χ1v) is 8.36. The van der Waals surface area contributed by atoms with Crippen LogP contribution in [0, 0.1) is 11.8 Å². The van der Waals surface area contributed by atoms with Gasteiger partial charge in [-0.2, -0.15) is 0 Å². The van der Waals surface area contributed by atoms with Crippen LogP contribution in [0.3, 0.4) is 0 Å². The van der Waals surface area contributed by atoms with Crippen molar-refractivity contribution in [2.45, 2.75) is 33.5 Å². The van der Waals surface area contributed by atoms with Gasteiger partial charge in [-0.05, 0) is 50.6 Å². The van der Waals surface area contributed by atoms with Gasteiger partial charge in [-0.15, -0.1) is 12.4 Å². The molecule has 1 heterocycles. The maximum Gasteiger partial charge on any atom is 0.227 e. The lowest BCUT2D eigenvalue weighted by Gasteiger charge is -2.31. The van der Waals surface area contributed by atoms with E-state index in [1.165, 1.54) is 0 Å². The van der Waals surface area contributed by atoms with E-state index in [4.69, 9.17) is 9.47 Å². The van der Waals surface area contributed by atoms with Crippen LogP contribution in [0.1, 0.15) is 26.3 Å². The standard InChI is InChI=1S/C18H28N2O3.ClH/c1-13(2)23-8-7-22-12-15-5-4-6-17(9-15)20-18(21)14(3)16-10-19-11-16;/h4-6,9,13-14,16,19H,7-8,10-12H2,1-3H3,(H,20,21);1H. The highest BCUT2D eigenvalue weighted by atomic mass is 35.5. The minimum absolute atomic E-state index is 0. The lowest BCUT2D eigenvalue weighted by Crippen LogP contribution is -2.48. The Hall–Kier alpha value is -1.14. The summed E-state index contributed by atoms with van der Waals surface area (Å²) in [5.74, 6) is 0.562. The average Bonchev–Trinajstić information content (AvgIpc) is 2.45. The number of carbonyl (C=O) groups excluding carboxylic acids is 1. The van der Waals surface area contributed by atoms with E-state index in [-0.39, 0.29) is 30.3 Å². The van der Waals surface area contributed by atoms with Crippen LogP contribution in [0.15, 0.2) is 24.3 Å². The molecule has 1 atom stereocenters. The SMILES string of the molecule is CC(C)OCCOCc1cccc(NC(=O)C(C)C2CNC2)c1.Cl. The fourth-order valence-corrected chi connectivity index (χ4v) is 2.41. The predicted molar refractivity (Wildman–Crippen MR) is 98.6 cm³/mol. The number of ether oxygens (including phenoxy) is 2. The molecule has 6 heteroatoms. The van der Waals surface area contributed by atoms with Gasteiger partial charge in [0.2, 0.25) is 5.91 Å². The third kappa shape index (κ3) is 6.77. The summed E-state index contributed by atoms with van der Waals surface area (Å²) in [7, 11) is 0. The lowest BCUT2D eigenvalue weighted by molar-refractivity contribution is -0.121. The second-order valence-corrected chi connectivity index (χ2v) is 6.37. The minimum Gasteiger partial charge on any atom is -0.376 e. The Morgan fingerprint density at radius 1 is 1.29 bits per heavy atom. The van der Waals surface area contributed by atoms with Crippen molar-refractivity contribution in [3.8, 4) is 0 Å². The fourth-order valence-electron chi connectivity index (χ4n) is 2.41. The maximum atomic E-state index is 12.2. The molecule has 1 unspecified atom stereocenters. The number of hydrogen-bond acceptors (Lipinski definition) is 4. The molecule has 1 fully saturated rings. The zero-order valence-corrected chi connectivity index (χ0v) is 15.5. The summed E-state index contributed by atoms with van der Waals surface area (Å²) in [6.07, 6.45) is 0.227. The van der Waals surface area contributed by atoms with Crippen molar-refractivity contribution in [2.24, 2.45) is 11.8 Å². The average molecular weight is 357 g/mol. The zero-order chi connectivity index (χ0) is 16.7. The van der Waals surface area contributed by atoms with Crippen molar-refractivity contribution in [2.75, 3.05) is 31.6 Å². The molecule has 1 saturated heterocycles. The lowest BCUT2D eigenvalue weighted by atomic mass is 9.88. The summed E-state index contributed by atoms with van der Waals surface area (Å²) in [5.41, 5.74) is 1.87. The fraction of sp³-hybridized carbons (Fsp3) is 0.611. The second kappa shape index (κ2) is 10.7. The molecule has 2 rings (SSSR count). The van der Waals surface area contributed by atoms with Crippen molar-refractivity contribution in [3.05, 3.63) is 29.8 Å². The van der Waals surface area contributed by atoms with Crippen molar-refractivity contribution in [1.29, 1.82) is 0 Å². The van der Waals surface area contributed by atoms with E-state index in [2.05, 4.69) is 10.6 Å². The van der Waals surface area contributed by atoms with Crippen LogP contribution in [0.5, 0.6) is 0 Å². The molecule has 1 aliphatic heterocycles. The molecule has 1 amide bonds. The predicted octanol–water partition coefficient (Wildman–Crippen LogP) is 2.84. The molecule has 0 bridgehead atoms. The van der Waals surface area contributed by atoms with Crippen molar-refractivity contribution >= 4 is 24.0 Å². The highest BCUT2D eigenvalue weighted by Gasteiger charge is 2.28. The van der Waals surface area contributed by atoms with E-state index in [0.717, 1.165) is 24.3 Å². The molecule has 1 aliphatic rings.